The monoisotopic (exact) mass is 443 g/mol. The van der Waals surface area contributed by atoms with Crippen molar-refractivity contribution in [3.63, 3.8) is 0 Å². The number of carbonyl (C=O) groups is 1. The number of alkyl halides is 6. The molecule has 0 radical (unpaired) electrons. The van der Waals surface area contributed by atoms with Gasteiger partial charge in [-0.3, -0.25) is 14.8 Å². The Morgan fingerprint density at radius 3 is 2.10 bits per heavy atom. The lowest BCUT2D eigenvalue weighted by Crippen LogP contribution is -2.32. The van der Waals surface area contributed by atoms with Crippen LogP contribution in [-0.2, 0) is 12.4 Å². The minimum absolute atomic E-state index is 0.163. The third-order valence-corrected chi connectivity index (χ3v) is 4.22. The van der Waals surface area contributed by atoms with Crippen LogP contribution in [0.3, 0.4) is 0 Å². The van der Waals surface area contributed by atoms with Crippen molar-refractivity contribution in [2.24, 2.45) is 0 Å². The highest BCUT2D eigenvalue weighted by Crippen LogP contribution is 2.37. The number of hydrogen-bond donors (Lipinski definition) is 1. The Balaban J connectivity index is 2.12. The molecule has 0 saturated carbocycles. The van der Waals surface area contributed by atoms with E-state index in [2.05, 4.69) is 15.3 Å². The van der Waals surface area contributed by atoms with Gasteiger partial charge < -0.3 is 5.32 Å². The lowest BCUT2D eigenvalue weighted by molar-refractivity contribution is -0.140. The quantitative estimate of drug-likeness (QED) is 0.566. The molecule has 4 nitrogen and oxygen atoms in total. The summed E-state index contributed by atoms with van der Waals surface area (Å²) in [7, 11) is 0. The van der Waals surface area contributed by atoms with Crippen molar-refractivity contribution in [2.75, 3.05) is 0 Å². The third kappa shape index (κ3) is 4.98. The van der Waals surface area contributed by atoms with Gasteiger partial charge in [0.25, 0.3) is 5.91 Å². The SMILES string of the molecule is O=C(N[C@@H](c1ccc(C(F)(F)F)c(F)c1)c1ncccc1C(F)(F)F)c1ccccn1. The number of nitrogens with zero attached hydrogens (tertiary/aromatic N) is 2. The number of carbonyl (C=O) groups excluding carboxylic acids is 1. The molecular formula is C20H12F7N3O. The van der Waals surface area contributed by atoms with Gasteiger partial charge in [-0.2, -0.15) is 26.3 Å². The van der Waals surface area contributed by atoms with E-state index in [1.54, 1.807) is 0 Å². The van der Waals surface area contributed by atoms with Gasteiger partial charge in [0, 0.05) is 12.4 Å². The summed E-state index contributed by atoms with van der Waals surface area (Å²) in [4.78, 5) is 20.0. The van der Waals surface area contributed by atoms with E-state index in [0.29, 0.717) is 18.2 Å². The summed E-state index contributed by atoms with van der Waals surface area (Å²) in [5.74, 6) is -2.63. The van der Waals surface area contributed by atoms with Crippen LogP contribution in [0, 0.1) is 5.82 Å². The highest BCUT2D eigenvalue weighted by Gasteiger charge is 2.38. The lowest BCUT2D eigenvalue weighted by atomic mass is 9.97. The van der Waals surface area contributed by atoms with E-state index < -0.39 is 46.9 Å². The first-order valence-electron chi connectivity index (χ1n) is 8.59. The molecule has 0 bridgehead atoms. The lowest BCUT2D eigenvalue weighted by Gasteiger charge is -2.23. The van der Waals surface area contributed by atoms with Gasteiger partial charge in [-0.15, -0.1) is 0 Å². The van der Waals surface area contributed by atoms with Crippen molar-refractivity contribution in [3.8, 4) is 0 Å². The number of halogens is 7. The zero-order valence-corrected chi connectivity index (χ0v) is 15.3. The third-order valence-electron chi connectivity index (χ3n) is 4.22. The number of hydrogen-bond acceptors (Lipinski definition) is 3. The average molecular weight is 443 g/mol. The Morgan fingerprint density at radius 2 is 1.52 bits per heavy atom. The first kappa shape index (κ1) is 22.2. The molecule has 2 heterocycles. The highest BCUT2D eigenvalue weighted by molar-refractivity contribution is 5.92. The van der Waals surface area contributed by atoms with Crippen molar-refractivity contribution >= 4 is 5.91 Å². The second kappa shape index (κ2) is 8.32. The number of nitrogens with one attached hydrogen (secondary N) is 1. The zero-order valence-electron chi connectivity index (χ0n) is 15.3. The van der Waals surface area contributed by atoms with E-state index in [1.165, 1.54) is 24.4 Å². The van der Waals surface area contributed by atoms with Gasteiger partial charge >= 0.3 is 12.4 Å². The molecule has 0 unspecified atom stereocenters. The van der Waals surface area contributed by atoms with E-state index in [0.717, 1.165) is 18.3 Å². The van der Waals surface area contributed by atoms with Crippen LogP contribution in [0.25, 0.3) is 0 Å². The van der Waals surface area contributed by atoms with E-state index in [4.69, 9.17) is 0 Å². The maximum absolute atomic E-state index is 14.1. The number of aromatic nitrogens is 2. The molecule has 31 heavy (non-hydrogen) atoms. The van der Waals surface area contributed by atoms with E-state index in [1.807, 2.05) is 0 Å². The first-order valence-corrected chi connectivity index (χ1v) is 8.59. The number of pyridine rings is 2. The predicted molar refractivity (Wildman–Crippen MR) is 94.2 cm³/mol. The molecule has 0 saturated heterocycles. The largest absolute Gasteiger partial charge is 0.419 e. The molecule has 3 aromatic rings. The Bertz CT molecular complexity index is 1080. The Kier molecular flexibility index (Phi) is 5.96. The normalized spacial score (nSPS) is 13.0. The summed E-state index contributed by atoms with van der Waals surface area (Å²) in [5, 5.41) is 2.25. The number of benzene rings is 1. The molecule has 3 rings (SSSR count). The molecule has 11 heteroatoms. The molecule has 0 aliphatic rings. The van der Waals surface area contributed by atoms with Crippen LogP contribution in [0.1, 0.15) is 38.9 Å². The molecular weight excluding hydrogens is 431 g/mol. The van der Waals surface area contributed by atoms with Gasteiger partial charge in [0.05, 0.1) is 22.9 Å². The summed E-state index contributed by atoms with van der Waals surface area (Å²) in [5.41, 5.74) is -4.06. The van der Waals surface area contributed by atoms with Gasteiger partial charge in [-0.05, 0) is 42.0 Å². The summed E-state index contributed by atoms with van der Waals surface area (Å²) < 4.78 is 93.3. The van der Waals surface area contributed by atoms with Crippen LogP contribution in [0.5, 0.6) is 0 Å². The fourth-order valence-electron chi connectivity index (χ4n) is 2.84. The maximum Gasteiger partial charge on any atom is 0.419 e. The van der Waals surface area contributed by atoms with Crippen molar-refractivity contribution < 1.29 is 35.5 Å². The van der Waals surface area contributed by atoms with Crippen LogP contribution in [-0.4, -0.2) is 15.9 Å². The fourth-order valence-corrected chi connectivity index (χ4v) is 2.84. The van der Waals surface area contributed by atoms with Crippen molar-refractivity contribution in [3.05, 3.63) is 94.8 Å². The minimum atomic E-state index is -5.00. The van der Waals surface area contributed by atoms with Gasteiger partial charge in [0.15, 0.2) is 0 Å². The van der Waals surface area contributed by atoms with Gasteiger partial charge in [-0.1, -0.05) is 12.1 Å². The number of rotatable bonds is 4. The standard InChI is InChI=1S/C20H12F7N3O/c21-14-10-11(6-7-12(14)19(22,23)24)16(30-18(31)15-5-1-2-8-28-15)17-13(20(25,26)27)4-3-9-29-17/h1-10,16H,(H,30,31)/t16-/m0/s1. The van der Waals surface area contributed by atoms with E-state index >= 15 is 0 Å². The molecule has 0 spiro atoms. The van der Waals surface area contributed by atoms with Crippen LogP contribution >= 0.6 is 0 Å². The molecule has 0 aliphatic heterocycles. The Morgan fingerprint density at radius 1 is 0.839 bits per heavy atom. The summed E-state index contributed by atoms with van der Waals surface area (Å²) in [6, 6.07) is 5.83. The van der Waals surface area contributed by atoms with Crippen LogP contribution in [0.15, 0.2) is 60.9 Å². The van der Waals surface area contributed by atoms with Gasteiger partial charge in [0.1, 0.15) is 11.5 Å². The molecule has 0 fully saturated rings. The highest BCUT2D eigenvalue weighted by atomic mass is 19.4. The van der Waals surface area contributed by atoms with E-state index in [9.17, 15) is 35.5 Å². The maximum atomic E-state index is 14.1. The van der Waals surface area contributed by atoms with Gasteiger partial charge in [-0.25, -0.2) is 4.39 Å². The second-order valence-corrected chi connectivity index (χ2v) is 6.29. The summed E-state index contributed by atoms with van der Waals surface area (Å²) >= 11 is 0. The van der Waals surface area contributed by atoms with Crippen LogP contribution < -0.4 is 5.32 Å². The van der Waals surface area contributed by atoms with Crippen LogP contribution in [0.2, 0.25) is 0 Å². The predicted octanol–water partition coefficient (Wildman–Crippen LogP) is 5.17. The van der Waals surface area contributed by atoms with E-state index in [-0.39, 0.29) is 11.3 Å². The second-order valence-electron chi connectivity index (χ2n) is 6.29. The molecule has 0 aliphatic carbocycles. The summed E-state index contributed by atoms with van der Waals surface area (Å²) in [6.45, 7) is 0. The molecule has 1 atom stereocenters. The van der Waals surface area contributed by atoms with Crippen molar-refractivity contribution in [1.82, 2.24) is 15.3 Å². The molecule has 1 amide bonds. The Hall–Kier alpha value is -3.50. The number of amides is 1. The zero-order chi connectivity index (χ0) is 22.8. The average Bonchev–Trinajstić information content (AvgIpc) is 2.71. The molecule has 1 aromatic carbocycles. The van der Waals surface area contributed by atoms with Crippen molar-refractivity contribution in [2.45, 2.75) is 18.4 Å². The molecule has 162 valence electrons. The topological polar surface area (TPSA) is 54.9 Å². The minimum Gasteiger partial charge on any atom is -0.338 e. The fraction of sp³-hybridized carbons (Fsp3) is 0.150. The van der Waals surface area contributed by atoms with Crippen molar-refractivity contribution in [1.29, 1.82) is 0 Å². The molecule has 2 aromatic heterocycles. The first-order chi connectivity index (χ1) is 14.5. The van der Waals surface area contributed by atoms with Crippen LogP contribution in [0.4, 0.5) is 30.7 Å². The summed E-state index contributed by atoms with van der Waals surface area (Å²) in [6.07, 6.45) is -7.60. The Labute approximate surface area is 170 Å². The smallest absolute Gasteiger partial charge is 0.338 e. The molecule has 1 N–H and O–H groups in total. The van der Waals surface area contributed by atoms with Gasteiger partial charge in [0.2, 0.25) is 0 Å².